The van der Waals surface area contributed by atoms with Gasteiger partial charge in [0.25, 0.3) is 5.79 Å². The van der Waals surface area contributed by atoms with E-state index in [2.05, 4.69) is 24.5 Å². The molecule has 0 saturated carbocycles. The van der Waals surface area contributed by atoms with Gasteiger partial charge in [-0.3, -0.25) is 9.59 Å². The number of hydrogen-bond acceptors (Lipinski definition) is 31. The summed E-state index contributed by atoms with van der Waals surface area (Å²) >= 11 is 0. The minimum atomic E-state index is -3.40. The van der Waals surface area contributed by atoms with Crippen LogP contribution in [0.3, 0.4) is 0 Å². The fraction of sp³-hybridized carbons (Fsp3) is 0.960. The number of carboxylic acid groups (broad SMARTS) is 1. The Bertz CT molecular complexity index is 2450. The van der Waals surface area contributed by atoms with Gasteiger partial charge < -0.3 is 155 Å². The van der Waals surface area contributed by atoms with Gasteiger partial charge in [-0.15, -0.1) is 0 Å². The average molecular weight is 1580 g/mol. The molecule has 0 radical (unpaired) electrons. The fourth-order valence-corrected chi connectivity index (χ4v) is 14.9. The smallest absolute Gasteiger partial charge is 0.364 e. The summed E-state index contributed by atoms with van der Waals surface area (Å²) in [6.07, 6.45) is -20.4. The molecule has 30 unspecified atom stereocenters. The highest BCUT2D eigenvalue weighted by Gasteiger charge is 2.62. The number of aliphatic carboxylic acids is 1. The zero-order valence-electron chi connectivity index (χ0n) is 64.4. The summed E-state index contributed by atoms with van der Waals surface area (Å²) < 4.78 is 58.3. The third kappa shape index (κ3) is 30.1. The number of aliphatic hydroxyl groups excluding tert-OH is 18. The van der Waals surface area contributed by atoms with E-state index in [0.29, 0.717) is 12.8 Å². The van der Waals surface area contributed by atoms with Gasteiger partial charge in [0, 0.05) is 13.3 Å². The van der Waals surface area contributed by atoms with E-state index < -0.39 is 241 Å². The third-order valence-corrected chi connectivity index (χ3v) is 21.6. The van der Waals surface area contributed by atoms with Gasteiger partial charge in [-0.1, -0.05) is 206 Å². The Kier molecular flexibility index (Phi) is 45.7. The Morgan fingerprint density at radius 1 is 0.468 bits per heavy atom. The van der Waals surface area contributed by atoms with E-state index in [0.717, 1.165) is 84.0 Å². The molecule has 5 fully saturated rings. The van der Waals surface area contributed by atoms with E-state index in [1.165, 1.54) is 110 Å². The topological polar surface area (TPSA) is 552 Å². The quantitative estimate of drug-likeness (QED) is 0.0344. The lowest BCUT2D eigenvalue weighted by Crippen LogP contribution is -2.72. The lowest BCUT2D eigenvalue weighted by atomic mass is 9.87. The van der Waals surface area contributed by atoms with Crippen molar-refractivity contribution in [3.63, 3.8) is 0 Å². The highest BCUT2D eigenvalue weighted by molar-refractivity contribution is 5.80. The molecular weight excluding hydrogens is 1440 g/mol. The monoisotopic (exact) mass is 1580 g/mol. The molecule has 34 nitrogen and oxygen atoms in total. The van der Waals surface area contributed by atoms with Gasteiger partial charge in [-0.25, -0.2) is 4.79 Å². The summed E-state index contributed by atoms with van der Waals surface area (Å²) in [4.78, 5) is 40.4. The van der Waals surface area contributed by atoms with Crippen LogP contribution in [0, 0.1) is 0 Å². The molecule has 5 heterocycles. The predicted molar refractivity (Wildman–Crippen MR) is 387 cm³/mol. The molecule has 21 N–H and O–H groups in total. The average Bonchev–Trinajstić information content (AvgIpc) is 1.21. The molecular formula is C75H138N2O32. The Hall–Kier alpha value is -2.71. The number of hydrogen-bond donors (Lipinski definition) is 21. The third-order valence-electron chi connectivity index (χ3n) is 21.6. The molecule has 0 aromatic carbocycles. The van der Waals surface area contributed by atoms with Crippen LogP contribution in [-0.4, -0.2) is 331 Å². The van der Waals surface area contributed by atoms with Crippen molar-refractivity contribution in [1.82, 2.24) is 10.6 Å². The van der Waals surface area contributed by atoms with E-state index in [4.69, 9.17) is 47.4 Å². The molecule has 2 amide bonds. The van der Waals surface area contributed by atoms with Crippen LogP contribution in [0.4, 0.5) is 0 Å². The Labute approximate surface area is 641 Å². The SMILES string of the molecule is CCCCCCCCCCCCCCCCCCCCCCC(O)C(=O)NC(COC1OC(CO)C(OC2OC(CO)C(O)C(OC3(C(=O)O)CC(OC4OC(CO)C(OC5OC(C(C)O)C(O)C5O)C(O)C4O)C(NC(C)=O)C(C(O)C(O)CO)O3)C2O)C(O)C1O)C(O)C(O)CCCCCCCCCCCC. The largest absolute Gasteiger partial charge is 0.477 e. The second-order valence-electron chi connectivity index (χ2n) is 30.6. The maximum Gasteiger partial charge on any atom is 0.364 e. The molecule has 0 aromatic heterocycles. The van der Waals surface area contributed by atoms with Crippen LogP contribution in [0.5, 0.6) is 0 Å². The zero-order valence-corrected chi connectivity index (χ0v) is 64.4. The van der Waals surface area contributed by atoms with Gasteiger partial charge in [0.05, 0.1) is 63.4 Å². The molecule has 640 valence electrons. The number of rotatable bonds is 56. The Morgan fingerprint density at radius 3 is 1.31 bits per heavy atom. The lowest BCUT2D eigenvalue weighted by Gasteiger charge is -2.52. The molecule has 34 heteroatoms. The second-order valence-corrected chi connectivity index (χ2v) is 30.6. The molecule has 0 spiro atoms. The molecule has 0 aliphatic carbocycles. The van der Waals surface area contributed by atoms with Gasteiger partial charge in [-0.2, -0.15) is 0 Å². The maximum atomic E-state index is 13.9. The molecule has 0 aromatic rings. The summed E-state index contributed by atoms with van der Waals surface area (Å²) in [5.41, 5.74) is 0. The summed E-state index contributed by atoms with van der Waals surface area (Å²) in [7, 11) is 0. The van der Waals surface area contributed by atoms with Crippen molar-refractivity contribution < 1.29 is 159 Å². The van der Waals surface area contributed by atoms with Crippen LogP contribution in [0.1, 0.15) is 240 Å². The zero-order chi connectivity index (χ0) is 80.3. The highest BCUT2D eigenvalue weighted by Crippen LogP contribution is 2.42. The fourth-order valence-electron chi connectivity index (χ4n) is 14.9. The summed E-state index contributed by atoms with van der Waals surface area (Å²) in [6.45, 7) is 1.38. The highest BCUT2D eigenvalue weighted by atomic mass is 16.8. The van der Waals surface area contributed by atoms with Crippen molar-refractivity contribution in [2.24, 2.45) is 0 Å². The van der Waals surface area contributed by atoms with Crippen molar-refractivity contribution in [2.75, 3.05) is 33.0 Å². The number of carbonyl (C=O) groups excluding carboxylic acids is 2. The van der Waals surface area contributed by atoms with Crippen LogP contribution < -0.4 is 10.6 Å². The van der Waals surface area contributed by atoms with Crippen LogP contribution in [0.15, 0.2) is 0 Å². The number of aliphatic hydroxyl groups is 18. The molecule has 5 saturated heterocycles. The first-order chi connectivity index (χ1) is 52.1. The molecule has 5 rings (SSSR count). The van der Waals surface area contributed by atoms with Gasteiger partial charge >= 0.3 is 5.97 Å². The first-order valence-corrected chi connectivity index (χ1v) is 40.5. The van der Waals surface area contributed by atoms with E-state index in [1.807, 2.05) is 0 Å². The lowest BCUT2D eigenvalue weighted by molar-refractivity contribution is -0.393. The van der Waals surface area contributed by atoms with Crippen LogP contribution in [0.25, 0.3) is 0 Å². The minimum absolute atomic E-state index is 0.0925. The standard InChI is InChI=1S/C75H138N2O32/c1-5-7-9-11-13-15-17-18-19-20-21-22-23-24-25-26-28-30-32-34-36-47(85)69(97)77-45(54(87)46(84)35-33-31-29-27-16-14-12-10-8-6-2)42-100-70-60(93)58(91)65(51(40-80)103-70)107-73-63(96)68(56(89)50(39-79)102-73)109-75(74(98)99)37-49(53(76-44(4)83)67(108-75)55(88)48(86)38-78)101-71-62(95)59(92)66(52(41-81)104-71)106-72-61(94)57(90)64(105-72)43(3)82/h43,45-68,70-73,78-82,84-96H,5-42H2,1-4H3,(H,76,83)(H,77,97)(H,98,99). The van der Waals surface area contributed by atoms with Crippen molar-refractivity contribution >= 4 is 17.8 Å². The minimum Gasteiger partial charge on any atom is -0.477 e. The summed E-state index contributed by atoms with van der Waals surface area (Å²) in [5, 5.41) is 216. The normalized spacial score (nSPS) is 34.3. The number of carboxylic acids is 1. The van der Waals surface area contributed by atoms with E-state index in [-0.39, 0.29) is 12.8 Å². The van der Waals surface area contributed by atoms with Gasteiger partial charge in [-0.05, 0) is 19.8 Å². The maximum absolute atomic E-state index is 13.9. The van der Waals surface area contributed by atoms with Crippen molar-refractivity contribution in [2.45, 2.75) is 423 Å². The first kappa shape index (κ1) is 96.9. The van der Waals surface area contributed by atoms with Crippen LogP contribution >= 0.6 is 0 Å². The Morgan fingerprint density at radius 2 is 0.881 bits per heavy atom. The molecule has 0 bridgehead atoms. The first-order valence-electron chi connectivity index (χ1n) is 40.5. The van der Waals surface area contributed by atoms with Crippen molar-refractivity contribution in [3.05, 3.63) is 0 Å². The van der Waals surface area contributed by atoms with Crippen molar-refractivity contribution in [1.29, 1.82) is 0 Å². The predicted octanol–water partition coefficient (Wildman–Crippen LogP) is -0.433. The molecule has 5 aliphatic heterocycles. The van der Waals surface area contributed by atoms with Gasteiger partial charge in [0.2, 0.25) is 11.8 Å². The van der Waals surface area contributed by atoms with E-state index in [1.54, 1.807) is 0 Å². The van der Waals surface area contributed by atoms with E-state index in [9.17, 15) is 111 Å². The van der Waals surface area contributed by atoms with Crippen LogP contribution in [-0.2, 0) is 61.8 Å². The number of nitrogens with one attached hydrogen (secondary N) is 2. The second kappa shape index (κ2) is 51.4. The Balaban J connectivity index is 1.26. The molecule has 5 aliphatic rings. The molecule has 30 atom stereocenters. The number of ether oxygens (including phenoxy) is 10. The summed E-state index contributed by atoms with van der Waals surface area (Å²) in [6, 6.07) is -3.33. The summed E-state index contributed by atoms with van der Waals surface area (Å²) in [5.74, 6) is -7.37. The van der Waals surface area contributed by atoms with Crippen LogP contribution in [0.2, 0.25) is 0 Å². The van der Waals surface area contributed by atoms with Gasteiger partial charge in [0.1, 0.15) is 122 Å². The van der Waals surface area contributed by atoms with E-state index >= 15 is 0 Å². The van der Waals surface area contributed by atoms with Crippen molar-refractivity contribution in [3.8, 4) is 0 Å². The number of unbranched alkanes of at least 4 members (excludes halogenated alkanes) is 28. The van der Waals surface area contributed by atoms with Gasteiger partial charge in [0.15, 0.2) is 25.2 Å². The molecule has 109 heavy (non-hydrogen) atoms. The number of carbonyl (C=O) groups is 3. The number of amides is 2.